The Morgan fingerprint density at radius 1 is 0.872 bits per heavy atom. The van der Waals surface area contributed by atoms with Crippen LogP contribution in [0.2, 0.25) is 0 Å². The highest BCUT2D eigenvalue weighted by Crippen LogP contribution is 2.27. The molecule has 0 radical (unpaired) electrons. The third-order valence-corrected chi connectivity index (χ3v) is 15.4. The van der Waals surface area contributed by atoms with Gasteiger partial charge in [-0.05, 0) is 107 Å². The van der Waals surface area contributed by atoms with Gasteiger partial charge >= 0.3 is 11.9 Å². The highest BCUT2D eigenvalue weighted by molar-refractivity contribution is 6.05. The average Bonchev–Trinajstić information content (AvgIpc) is 4.08. The molecule has 3 heterocycles. The maximum absolute atomic E-state index is 15.0. The molecule has 0 unspecified atom stereocenters. The van der Waals surface area contributed by atoms with Gasteiger partial charge in [0.25, 0.3) is 0 Å². The van der Waals surface area contributed by atoms with E-state index in [1.165, 1.54) is 56.7 Å². The van der Waals surface area contributed by atoms with Crippen LogP contribution < -0.4 is 20.7 Å². The summed E-state index contributed by atoms with van der Waals surface area (Å²) in [5.41, 5.74) is 0.588. The lowest BCUT2D eigenvalue weighted by Gasteiger charge is -2.36. The van der Waals surface area contributed by atoms with Crippen molar-refractivity contribution in [2.45, 2.75) is 195 Å². The lowest BCUT2D eigenvalue weighted by Crippen LogP contribution is -2.62. The van der Waals surface area contributed by atoms with Crippen LogP contribution in [0, 0.1) is 29.6 Å². The van der Waals surface area contributed by atoms with Crippen molar-refractivity contribution in [2.24, 2.45) is 29.6 Å². The number of methoxy groups -OCH3 is 1. The monoisotopic (exact) mass is 1100 g/mol. The number of likely N-dealkylation sites (tertiary alicyclic amines) is 1. The number of rotatable bonds is 16. The van der Waals surface area contributed by atoms with Crippen molar-refractivity contribution < 1.29 is 67.3 Å². The number of aliphatic hydroxyl groups excluding tert-OH is 1. The maximum atomic E-state index is 15.0. The number of benzene rings is 1. The number of cyclic esters (lactones) is 2. The molecule has 436 valence electrons. The number of fused-ring (bicyclic) bond motifs is 1. The van der Waals surface area contributed by atoms with E-state index in [9.17, 15) is 53.1 Å². The summed E-state index contributed by atoms with van der Waals surface area (Å²) in [5.74, 6) is -9.23. The fourth-order valence-corrected chi connectivity index (χ4v) is 10.6. The number of esters is 2. The van der Waals surface area contributed by atoms with Gasteiger partial charge in [0.2, 0.25) is 35.4 Å². The quantitative estimate of drug-likeness (QED) is 0.137. The number of nitrogens with zero attached hydrogens (tertiary/aromatic N) is 4. The molecule has 12 atom stereocenters. The van der Waals surface area contributed by atoms with Crippen molar-refractivity contribution in [1.29, 1.82) is 0 Å². The molecule has 21 nitrogen and oxygen atoms in total. The minimum absolute atomic E-state index is 0.0571. The Hall–Kier alpha value is -5.96. The highest BCUT2D eigenvalue weighted by atomic mass is 16.6. The van der Waals surface area contributed by atoms with Gasteiger partial charge in [0.05, 0.1) is 44.2 Å². The standard InChI is InChI=1S/C57H89N7O14/c1-15-34(8)47-45(66)29-46(67)78-50(33(6)7)49(68)36(10)51(69)58-40(26-31(2)3)54(72)64-25-17-19-42(64)56(74)62(13)44(28-38-20-22-39(76-14)23-21-38)57(75)77-37(11)48(53(71)59-47)60-52(70)43(27-32(4)5)61(12)55(73)41-18-16-24-63(41)30-35(9)65/h20-23,31-34,36-37,40-45,47-48,50,66H,15-19,24-30H2,1-14H3,(H,58,69)(H,59,71)(H,60,70)/t34-,36-,37+,40-,41-,42-,43+,44-,45-,47+,48-,50-/m0/s1. The third-order valence-electron chi connectivity index (χ3n) is 15.4. The van der Waals surface area contributed by atoms with Gasteiger partial charge in [-0.3, -0.25) is 48.1 Å². The molecule has 4 N–H and O–H groups in total. The fraction of sp³-hybridized carbons (Fsp3) is 0.719. The van der Waals surface area contributed by atoms with Gasteiger partial charge in [-0.2, -0.15) is 0 Å². The Bertz CT molecular complexity index is 2290. The molecule has 0 saturated carbocycles. The Morgan fingerprint density at radius 2 is 1.51 bits per heavy atom. The predicted molar refractivity (Wildman–Crippen MR) is 289 cm³/mol. The molecule has 3 fully saturated rings. The second-order valence-corrected chi connectivity index (χ2v) is 22.9. The number of Topliss-reactive ketones (excluding diaryl/α,β-unsaturated/α-hetero) is 2. The molecule has 78 heavy (non-hydrogen) atoms. The number of nitrogens with one attached hydrogen (secondary N) is 3. The van der Waals surface area contributed by atoms with Crippen molar-refractivity contribution >= 4 is 58.9 Å². The molecular formula is C57H89N7O14. The maximum Gasteiger partial charge on any atom is 0.329 e. The second-order valence-electron chi connectivity index (χ2n) is 22.9. The van der Waals surface area contributed by atoms with E-state index in [-0.39, 0.29) is 56.4 Å². The predicted octanol–water partition coefficient (Wildman–Crippen LogP) is 3.00. The molecule has 0 aromatic heterocycles. The average molecular weight is 1100 g/mol. The van der Waals surface area contributed by atoms with E-state index in [1.54, 1.807) is 56.9 Å². The largest absolute Gasteiger partial charge is 0.497 e. The number of hydrogen-bond acceptors (Lipinski definition) is 15. The van der Waals surface area contributed by atoms with Crippen LogP contribution in [0.3, 0.4) is 0 Å². The summed E-state index contributed by atoms with van der Waals surface area (Å²) < 4.78 is 17.3. The number of carbonyl (C=O) groups is 10. The van der Waals surface area contributed by atoms with Crippen molar-refractivity contribution in [3.05, 3.63) is 29.8 Å². The first kappa shape index (κ1) is 64.6. The summed E-state index contributed by atoms with van der Waals surface area (Å²) in [6.45, 7) is 19.1. The summed E-state index contributed by atoms with van der Waals surface area (Å²) in [6.07, 6.45) is -2.99. The van der Waals surface area contributed by atoms with Gasteiger partial charge in [-0.1, -0.05) is 73.9 Å². The third kappa shape index (κ3) is 17.0. The lowest BCUT2D eigenvalue weighted by atomic mass is 9.91. The van der Waals surface area contributed by atoms with Crippen LogP contribution in [0.4, 0.5) is 0 Å². The first-order chi connectivity index (χ1) is 36.6. The normalized spacial score (nSPS) is 27.7. The number of aliphatic hydroxyl groups is 1. The van der Waals surface area contributed by atoms with E-state index in [0.29, 0.717) is 43.5 Å². The number of hydrogen-bond donors (Lipinski definition) is 4. The van der Waals surface area contributed by atoms with E-state index in [0.717, 1.165) is 0 Å². The molecule has 0 bridgehead atoms. The van der Waals surface area contributed by atoms with Crippen LogP contribution in [0.5, 0.6) is 5.75 Å². The Labute approximate surface area is 460 Å². The topological polar surface area (TPSA) is 268 Å². The van der Waals surface area contributed by atoms with Crippen LogP contribution in [0.1, 0.15) is 133 Å². The van der Waals surface area contributed by atoms with Gasteiger partial charge in [-0.15, -0.1) is 0 Å². The van der Waals surface area contributed by atoms with Crippen LogP contribution in [0.15, 0.2) is 24.3 Å². The van der Waals surface area contributed by atoms with E-state index in [2.05, 4.69) is 16.0 Å². The van der Waals surface area contributed by atoms with E-state index in [1.807, 2.05) is 27.7 Å². The molecule has 21 heteroatoms. The number of ketones is 2. The Kier molecular flexibility index (Phi) is 24.3. The van der Waals surface area contributed by atoms with Crippen LogP contribution in [-0.4, -0.2) is 185 Å². The molecule has 1 aromatic rings. The second kappa shape index (κ2) is 29.3. The fourth-order valence-electron chi connectivity index (χ4n) is 10.6. The molecule has 0 spiro atoms. The van der Waals surface area contributed by atoms with Crippen molar-refractivity contribution in [3.63, 3.8) is 0 Å². The smallest absolute Gasteiger partial charge is 0.329 e. The summed E-state index contributed by atoms with van der Waals surface area (Å²) in [7, 11) is 4.40. The van der Waals surface area contributed by atoms with E-state index < -0.39 is 138 Å². The van der Waals surface area contributed by atoms with Crippen molar-refractivity contribution in [3.8, 4) is 5.75 Å². The summed E-state index contributed by atoms with van der Waals surface area (Å²) >= 11 is 0. The zero-order valence-electron chi connectivity index (χ0n) is 48.5. The van der Waals surface area contributed by atoms with Gasteiger partial charge in [0.15, 0.2) is 11.9 Å². The number of carbonyl (C=O) groups excluding carboxylic acids is 10. The molecule has 3 aliphatic heterocycles. The molecular weight excluding hydrogens is 1010 g/mol. The minimum Gasteiger partial charge on any atom is -0.497 e. The van der Waals surface area contributed by atoms with Gasteiger partial charge in [-0.25, -0.2) is 4.79 Å². The summed E-state index contributed by atoms with van der Waals surface area (Å²) in [4.78, 5) is 148. The molecule has 4 rings (SSSR count). The van der Waals surface area contributed by atoms with Crippen LogP contribution in [-0.2, 0) is 63.8 Å². The first-order valence-electron chi connectivity index (χ1n) is 27.8. The van der Waals surface area contributed by atoms with Gasteiger partial charge in [0, 0.05) is 27.1 Å². The van der Waals surface area contributed by atoms with E-state index >= 15 is 0 Å². The van der Waals surface area contributed by atoms with Gasteiger partial charge < -0.3 is 50.0 Å². The Morgan fingerprint density at radius 3 is 2.09 bits per heavy atom. The zero-order chi connectivity index (χ0) is 58.5. The van der Waals surface area contributed by atoms with Crippen LogP contribution in [0.25, 0.3) is 0 Å². The van der Waals surface area contributed by atoms with Gasteiger partial charge in [0.1, 0.15) is 47.8 Å². The molecule has 0 aliphatic carbocycles. The summed E-state index contributed by atoms with van der Waals surface area (Å²) in [6, 6.07) is -1.60. The minimum atomic E-state index is -1.72. The van der Waals surface area contributed by atoms with Crippen LogP contribution >= 0.6 is 0 Å². The lowest BCUT2D eigenvalue weighted by molar-refractivity contribution is -0.163. The SMILES string of the molecule is CC[C@H](C)[C@H]1NC(=O)[C@@H](NC(=O)[C@@H](CC(C)C)N(C)C(=O)[C@@H]2CCCN2CC(C)=O)[C@@H](C)OC(=O)[C@H](Cc2ccc(OC)cc2)N(C)C(=O)[C@@H]2CCCN2C(=O)[C@H](CC(C)C)NC(=O)[C@@H](C)C(=O)[C@H](C(C)C)OC(=O)C[C@@H]1O. The number of likely N-dealkylation sites (N-methyl/N-ethyl adjacent to an activating group) is 2. The molecule has 1 aromatic carbocycles. The Balaban J connectivity index is 1.88. The summed E-state index contributed by atoms with van der Waals surface area (Å²) in [5, 5.41) is 20.2. The molecule has 3 aliphatic rings. The zero-order valence-corrected chi connectivity index (χ0v) is 48.5. The molecule has 6 amide bonds. The highest BCUT2D eigenvalue weighted by Gasteiger charge is 2.45. The number of amides is 6. The first-order valence-corrected chi connectivity index (χ1v) is 27.8. The van der Waals surface area contributed by atoms with Crippen molar-refractivity contribution in [2.75, 3.05) is 40.8 Å². The molecule has 3 saturated heterocycles. The van der Waals surface area contributed by atoms with E-state index in [4.69, 9.17) is 14.2 Å². The number of ether oxygens (including phenoxy) is 3. The van der Waals surface area contributed by atoms with Crippen molar-refractivity contribution in [1.82, 2.24) is 35.6 Å².